The van der Waals surface area contributed by atoms with Gasteiger partial charge < -0.3 is 4.42 Å². The van der Waals surface area contributed by atoms with Crippen LogP contribution >= 0.6 is 11.8 Å². The normalized spacial score (nSPS) is 11.8. The molecule has 0 fully saturated rings. The largest absolute Gasteiger partial charge is 0.450 e. The van der Waals surface area contributed by atoms with Gasteiger partial charge in [0.15, 0.2) is 0 Å². The van der Waals surface area contributed by atoms with Gasteiger partial charge in [-0.05, 0) is 12.1 Å². The smallest absolute Gasteiger partial charge is 0.439 e. The molecule has 1 heterocycles. The van der Waals surface area contributed by atoms with E-state index in [1.807, 2.05) is 0 Å². The van der Waals surface area contributed by atoms with Crippen molar-refractivity contribution in [2.24, 2.45) is 0 Å². The Balaban J connectivity index is 2.28. The number of halogens is 4. The molecule has 7 heteroatoms. The first-order chi connectivity index (χ1) is 7.96. The maximum absolute atomic E-state index is 13.3. The van der Waals surface area contributed by atoms with Crippen molar-refractivity contribution in [1.29, 1.82) is 0 Å². The van der Waals surface area contributed by atoms with Gasteiger partial charge in [0.25, 0.3) is 5.22 Å². The van der Waals surface area contributed by atoms with Gasteiger partial charge >= 0.3 is 5.51 Å². The molecule has 0 saturated carbocycles. The minimum atomic E-state index is -4.47. The molecular formula is C10H5F4NOS. The third-order valence-corrected chi connectivity index (χ3v) is 2.43. The molecule has 0 atom stereocenters. The zero-order chi connectivity index (χ0) is 12.5. The molecule has 0 N–H and O–H groups in total. The van der Waals surface area contributed by atoms with Crippen molar-refractivity contribution < 1.29 is 22.0 Å². The van der Waals surface area contributed by atoms with Gasteiger partial charge in [0.05, 0.1) is 0 Å². The van der Waals surface area contributed by atoms with E-state index >= 15 is 0 Å². The Morgan fingerprint density at radius 3 is 2.53 bits per heavy atom. The summed E-state index contributed by atoms with van der Waals surface area (Å²) in [6.07, 6.45) is 0.993. The average molecular weight is 263 g/mol. The van der Waals surface area contributed by atoms with Gasteiger partial charge in [-0.3, -0.25) is 0 Å². The Labute approximate surface area is 97.7 Å². The lowest BCUT2D eigenvalue weighted by molar-refractivity contribution is -0.0337. The summed E-state index contributed by atoms with van der Waals surface area (Å²) < 4.78 is 54.0. The van der Waals surface area contributed by atoms with Crippen molar-refractivity contribution in [3.8, 4) is 11.3 Å². The Hall–Kier alpha value is -1.50. The van der Waals surface area contributed by atoms with Crippen LogP contribution in [0.1, 0.15) is 0 Å². The molecule has 2 rings (SSSR count). The molecule has 0 unspecified atom stereocenters. The summed E-state index contributed by atoms with van der Waals surface area (Å²) in [7, 11) is 0. The Bertz CT molecular complexity index is 523. The zero-order valence-corrected chi connectivity index (χ0v) is 8.98. The molecular weight excluding hydrogens is 258 g/mol. The maximum Gasteiger partial charge on any atom is 0.450 e. The highest BCUT2D eigenvalue weighted by Crippen LogP contribution is 2.37. The van der Waals surface area contributed by atoms with Gasteiger partial charge in [-0.1, -0.05) is 12.1 Å². The van der Waals surface area contributed by atoms with Crippen LogP contribution in [0, 0.1) is 5.82 Å². The lowest BCUT2D eigenvalue weighted by atomic mass is 10.2. The van der Waals surface area contributed by atoms with Crippen LogP contribution in [0.15, 0.2) is 40.2 Å². The SMILES string of the molecule is Fc1ccccc1-c1coc(SC(F)(F)F)n1. The second-order valence-corrected chi connectivity index (χ2v) is 4.04. The number of nitrogens with zero attached hydrogens (tertiary/aromatic N) is 1. The molecule has 17 heavy (non-hydrogen) atoms. The van der Waals surface area contributed by atoms with Crippen molar-refractivity contribution in [3.63, 3.8) is 0 Å². The number of hydrogen-bond donors (Lipinski definition) is 0. The van der Waals surface area contributed by atoms with E-state index in [4.69, 9.17) is 0 Å². The van der Waals surface area contributed by atoms with Gasteiger partial charge in [-0.15, -0.1) is 0 Å². The van der Waals surface area contributed by atoms with E-state index in [1.54, 1.807) is 6.07 Å². The van der Waals surface area contributed by atoms with Crippen LogP contribution in [0.2, 0.25) is 0 Å². The fourth-order valence-electron chi connectivity index (χ4n) is 1.20. The first-order valence-electron chi connectivity index (χ1n) is 4.42. The summed E-state index contributed by atoms with van der Waals surface area (Å²) in [5.41, 5.74) is -4.34. The zero-order valence-electron chi connectivity index (χ0n) is 8.16. The number of alkyl halides is 3. The molecule has 1 aromatic carbocycles. The molecule has 0 saturated heterocycles. The number of thioether (sulfide) groups is 1. The molecule has 90 valence electrons. The summed E-state index contributed by atoms with van der Waals surface area (Å²) in [5, 5.41) is -0.559. The summed E-state index contributed by atoms with van der Waals surface area (Å²) in [6.45, 7) is 0. The Morgan fingerprint density at radius 2 is 1.88 bits per heavy atom. The van der Waals surface area contributed by atoms with E-state index in [2.05, 4.69) is 9.40 Å². The van der Waals surface area contributed by atoms with Crippen molar-refractivity contribution in [2.45, 2.75) is 10.7 Å². The van der Waals surface area contributed by atoms with E-state index in [9.17, 15) is 17.6 Å². The second kappa shape index (κ2) is 4.40. The van der Waals surface area contributed by atoms with Crippen molar-refractivity contribution in [3.05, 3.63) is 36.3 Å². The second-order valence-electron chi connectivity index (χ2n) is 3.03. The van der Waals surface area contributed by atoms with Crippen molar-refractivity contribution in [2.75, 3.05) is 0 Å². The van der Waals surface area contributed by atoms with E-state index in [-0.39, 0.29) is 11.3 Å². The third-order valence-electron chi connectivity index (χ3n) is 1.84. The predicted octanol–water partition coefficient (Wildman–Crippen LogP) is 4.09. The van der Waals surface area contributed by atoms with E-state index in [0.29, 0.717) is 0 Å². The molecule has 0 bridgehead atoms. The highest BCUT2D eigenvalue weighted by Gasteiger charge is 2.32. The van der Waals surface area contributed by atoms with Crippen molar-refractivity contribution in [1.82, 2.24) is 4.98 Å². The number of oxazole rings is 1. The van der Waals surface area contributed by atoms with Crippen LogP contribution in [0.5, 0.6) is 0 Å². The predicted molar refractivity (Wildman–Crippen MR) is 53.8 cm³/mol. The average Bonchev–Trinajstić information content (AvgIpc) is 2.64. The molecule has 0 spiro atoms. The monoisotopic (exact) mass is 263 g/mol. The molecule has 0 radical (unpaired) electrons. The standard InChI is InChI=1S/C10H5F4NOS/c11-7-4-2-1-3-6(7)8-5-16-9(15-8)17-10(12,13)14/h1-5H. The highest BCUT2D eigenvalue weighted by molar-refractivity contribution is 7.99. The van der Waals surface area contributed by atoms with Gasteiger partial charge in [0, 0.05) is 17.3 Å². The fourth-order valence-corrected chi connectivity index (χ4v) is 1.63. The summed E-state index contributed by atoms with van der Waals surface area (Å²) in [5.74, 6) is -0.565. The minimum Gasteiger partial charge on any atom is -0.439 e. The topological polar surface area (TPSA) is 26.0 Å². The molecule has 0 aliphatic heterocycles. The Kier molecular flexibility index (Phi) is 3.10. The van der Waals surface area contributed by atoms with Crippen LogP contribution < -0.4 is 0 Å². The molecule has 0 amide bonds. The van der Waals surface area contributed by atoms with Gasteiger partial charge in [0.1, 0.15) is 17.8 Å². The summed E-state index contributed by atoms with van der Waals surface area (Å²) in [4.78, 5) is 3.56. The summed E-state index contributed by atoms with van der Waals surface area (Å²) in [6, 6.07) is 5.64. The first-order valence-corrected chi connectivity index (χ1v) is 5.23. The van der Waals surface area contributed by atoms with Gasteiger partial charge in [-0.25, -0.2) is 9.37 Å². The molecule has 2 nitrogen and oxygen atoms in total. The summed E-state index contributed by atoms with van der Waals surface area (Å²) >= 11 is -0.478. The number of benzene rings is 1. The lowest BCUT2D eigenvalue weighted by Crippen LogP contribution is -1.98. The molecule has 0 aliphatic carbocycles. The van der Waals surface area contributed by atoms with Crippen LogP contribution in [0.3, 0.4) is 0 Å². The molecule has 1 aromatic heterocycles. The van der Waals surface area contributed by atoms with E-state index < -0.39 is 28.3 Å². The van der Waals surface area contributed by atoms with Gasteiger partial charge in [0.2, 0.25) is 0 Å². The number of aromatic nitrogens is 1. The van der Waals surface area contributed by atoms with E-state index in [0.717, 1.165) is 6.26 Å². The quantitative estimate of drug-likeness (QED) is 0.603. The van der Waals surface area contributed by atoms with Crippen LogP contribution in [0.4, 0.5) is 17.6 Å². The number of hydrogen-bond acceptors (Lipinski definition) is 3. The maximum atomic E-state index is 13.3. The van der Waals surface area contributed by atoms with Gasteiger partial charge in [-0.2, -0.15) is 13.2 Å². The first kappa shape index (κ1) is 12.0. The van der Waals surface area contributed by atoms with Crippen LogP contribution in [-0.2, 0) is 0 Å². The van der Waals surface area contributed by atoms with Crippen LogP contribution in [0.25, 0.3) is 11.3 Å². The highest BCUT2D eigenvalue weighted by atomic mass is 32.2. The third kappa shape index (κ3) is 3.00. The fraction of sp³-hybridized carbons (Fsp3) is 0.100. The lowest BCUT2D eigenvalue weighted by Gasteiger charge is -1.99. The number of rotatable bonds is 2. The molecule has 2 aromatic rings. The van der Waals surface area contributed by atoms with E-state index in [1.165, 1.54) is 18.2 Å². The minimum absolute atomic E-state index is 0.0369. The van der Waals surface area contributed by atoms with Crippen molar-refractivity contribution >= 4 is 11.8 Å². The van der Waals surface area contributed by atoms with Crippen LogP contribution in [-0.4, -0.2) is 10.5 Å². The Morgan fingerprint density at radius 1 is 1.18 bits per heavy atom. The molecule has 0 aliphatic rings.